The second kappa shape index (κ2) is 4.35. The van der Waals surface area contributed by atoms with E-state index >= 15 is 0 Å². The van der Waals surface area contributed by atoms with Gasteiger partial charge in [-0.25, -0.2) is 15.0 Å². The van der Waals surface area contributed by atoms with E-state index in [2.05, 4.69) is 27.2 Å². The summed E-state index contributed by atoms with van der Waals surface area (Å²) in [6.07, 6.45) is 3.29. The Bertz CT molecular complexity index is 418. The monoisotopic (exact) mass is 220 g/mol. The summed E-state index contributed by atoms with van der Waals surface area (Å²) in [5.74, 6) is 0. The van der Waals surface area contributed by atoms with Crippen LogP contribution in [0.5, 0.6) is 0 Å². The Balaban J connectivity index is 1.99. The van der Waals surface area contributed by atoms with Crippen LogP contribution in [-0.2, 0) is 6.54 Å². The van der Waals surface area contributed by atoms with Gasteiger partial charge >= 0.3 is 0 Å². The molecule has 0 aliphatic rings. The molecule has 0 atom stereocenters. The van der Waals surface area contributed by atoms with Gasteiger partial charge in [-0.1, -0.05) is 0 Å². The molecule has 0 radical (unpaired) electrons. The smallest absolute Gasteiger partial charge is 0.183 e. The summed E-state index contributed by atoms with van der Waals surface area (Å²) in [6, 6.07) is 1.89. The fourth-order valence-electron chi connectivity index (χ4n) is 1.14. The molecule has 2 aromatic rings. The lowest BCUT2D eigenvalue weighted by molar-refractivity contribution is 1.00. The molecule has 2 heterocycles. The standard InChI is InChI=1S/C10H12N4S/c1-7-8(2)15-10(14-7)12-5-9-3-4-11-6-13-9/h3-4,6H,5H2,1-2H3,(H,12,14). The maximum absolute atomic E-state index is 4.39. The van der Waals surface area contributed by atoms with Crippen molar-refractivity contribution in [2.75, 3.05) is 5.32 Å². The quantitative estimate of drug-likeness (QED) is 0.861. The second-order valence-electron chi connectivity index (χ2n) is 3.21. The molecule has 0 amide bonds. The van der Waals surface area contributed by atoms with E-state index in [0.29, 0.717) is 6.54 Å². The number of anilines is 1. The highest BCUT2D eigenvalue weighted by molar-refractivity contribution is 7.15. The molecule has 1 N–H and O–H groups in total. The van der Waals surface area contributed by atoms with Gasteiger partial charge in [-0.15, -0.1) is 11.3 Å². The van der Waals surface area contributed by atoms with Gasteiger partial charge in [0.2, 0.25) is 0 Å². The molecule has 2 aromatic heterocycles. The average molecular weight is 220 g/mol. The number of nitrogens with one attached hydrogen (secondary N) is 1. The summed E-state index contributed by atoms with van der Waals surface area (Å²) >= 11 is 1.67. The lowest BCUT2D eigenvalue weighted by Gasteiger charge is -2.00. The van der Waals surface area contributed by atoms with E-state index in [1.54, 1.807) is 23.9 Å². The van der Waals surface area contributed by atoms with Crippen LogP contribution >= 0.6 is 11.3 Å². The summed E-state index contributed by atoms with van der Waals surface area (Å²) in [4.78, 5) is 13.6. The summed E-state index contributed by atoms with van der Waals surface area (Å²) in [5, 5.41) is 4.19. The van der Waals surface area contributed by atoms with E-state index in [0.717, 1.165) is 16.5 Å². The predicted octanol–water partition coefficient (Wildman–Crippen LogP) is 2.16. The zero-order chi connectivity index (χ0) is 10.7. The topological polar surface area (TPSA) is 50.7 Å². The van der Waals surface area contributed by atoms with E-state index in [1.165, 1.54) is 4.88 Å². The van der Waals surface area contributed by atoms with Crippen molar-refractivity contribution in [3.8, 4) is 0 Å². The maximum Gasteiger partial charge on any atom is 0.183 e. The van der Waals surface area contributed by atoms with Gasteiger partial charge in [0.15, 0.2) is 5.13 Å². The van der Waals surface area contributed by atoms with E-state index < -0.39 is 0 Å². The zero-order valence-corrected chi connectivity index (χ0v) is 9.51. The third-order valence-corrected chi connectivity index (χ3v) is 3.12. The molecule has 0 bridgehead atoms. The molecule has 0 fully saturated rings. The first-order chi connectivity index (χ1) is 7.25. The highest BCUT2D eigenvalue weighted by atomic mass is 32.1. The van der Waals surface area contributed by atoms with E-state index in [9.17, 15) is 0 Å². The van der Waals surface area contributed by atoms with Crippen molar-refractivity contribution < 1.29 is 0 Å². The number of hydrogen-bond acceptors (Lipinski definition) is 5. The van der Waals surface area contributed by atoms with Crippen molar-refractivity contribution in [2.24, 2.45) is 0 Å². The number of aromatic nitrogens is 3. The van der Waals surface area contributed by atoms with Gasteiger partial charge in [0.25, 0.3) is 0 Å². The molecule has 4 nitrogen and oxygen atoms in total. The largest absolute Gasteiger partial charge is 0.356 e. The minimum atomic E-state index is 0.689. The van der Waals surface area contributed by atoms with Gasteiger partial charge in [0, 0.05) is 11.1 Å². The molecule has 0 unspecified atom stereocenters. The number of rotatable bonds is 3. The first-order valence-electron chi connectivity index (χ1n) is 4.68. The molecule has 5 heteroatoms. The lowest BCUT2D eigenvalue weighted by Crippen LogP contribution is -2.01. The Morgan fingerprint density at radius 2 is 2.27 bits per heavy atom. The molecule has 0 aromatic carbocycles. The Hall–Kier alpha value is -1.49. The van der Waals surface area contributed by atoms with Gasteiger partial charge in [-0.05, 0) is 19.9 Å². The summed E-state index contributed by atoms with van der Waals surface area (Å²) < 4.78 is 0. The Morgan fingerprint density at radius 3 is 2.87 bits per heavy atom. The van der Waals surface area contributed by atoms with Gasteiger partial charge in [0.05, 0.1) is 17.9 Å². The van der Waals surface area contributed by atoms with E-state index in [1.807, 2.05) is 13.0 Å². The first kappa shape index (κ1) is 10.0. The first-order valence-corrected chi connectivity index (χ1v) is 5.50. The van der Waals surface area contributed by atoms with E-state index in [4.69, 9.17) is 0 Å². The van der Waals surface area contributed by atoms with Crippen molar-refractivity contribution in [2.45, 2.75) is 20.4 Å². The molecular weight excluding hydrogens is 208 g/mol. The van der Waals surface area contributed by atoms with Crippen LogP contribution < -0.4 is 5.32 Å². The highest BCUT2D eigenvalue weighted by Crippen LogP contribution is 2.21. The molecule has 78 valence electrons. The number of hydrogen-bond donors (Lipinski definition) is 1. The fraction of sp³-hybridized carbons (Fsp3) is 0.300. The highest BCUT2D eigenvalue weighted by Gasteiger charge is 2.02. The number of aryl methyl sites for hydroxylation is 2. The van der Waals surface area contributed by atoms with Crippen LogP contribution in [0.15, 0.2) is 18.6 Å². The molecule has 0 aliphatic carbocycles. The summed E-state index contributed by atoms with van der Waals surface area (Å²) in [7, 11) is 0. The van der Waals surface area contributed by atoms with Crippen molar-refractivity contribution in [3.05, 3.63) is 34.9 Å². The molecule has 0 aliphatic heterocycles. The van der Waals surface area contributed by atoms with Gasteiger partial charge in [-0.3, -0.25) is 0 Å². The van der Waals surface area contributed by atoms with Crippen molar-refractivity contribution in [1.82, 2.24) is 15.0 Å². The number of thiazole rings is 1. The van der Waals surface area contributed by atoms with Crippen LogP contribution in [-0.4, -0.2) is 15.0 Å². The molecule has 2 rings (SSSR count). The van der Waals surface area contributed by atoms with E-state index in [-0.39, 0.29) is 0 Å². The zero-order valence-electron chi connectivity index (χ0n) is 8.69. The van der Waals surface area contributed by atoms with Crippen LogP contribution in [0, 0.1) is 13.8 Å². The number of nitrogens with zero attached hydrogens (tertiary/aromatic N) is 3. The van der Waals surface area contributed by atoms with Crippen LogP contribution in [0.25, 0.3) is 0 Å². The summed E-state index contributed by atoms with van der Waals surface area (Å²) in [6.45, 7) is 4.78. The van der Waals surface area contributed by atoms with Crippen LogP contribution in [0.2, 0.25) is 0 Å². The fourth-order valence-corrected chi connectivity index (χ4v) is 1.95. The lowest BCUT2D eigenvalue weighted by atomic mass is 10.4. The molecular formula is C10H12N4S. The van der Waals surface area contributed by atoms with Crippen LogP contribution in [0.3, 0.4) is 0 Å². The third kappa shape index (κ3) is 2.50. The molecule has 15 heavy (non-hydrogen) atoms. The molecule has 0 saturated carbocycles. The minimum Gasteiger partial charge on any atom is -0.356 e. The Labute approximate surface area is 92.4 Å². The van der Waals surface area contributed by atoms with Crippen molar-refractivity contribution in [3.63, 3.8) is 0 Å². The minimum absolute atomic E-state index is 0.689. The molecule has 0 saturated heterocycles. The average Bonchev–Trinajstić information content (AvgIpc) is 2.57. The predicted molar refractivity (Wildman–Crippen MR) is 60.9 cm³/mol. The summed E-state index contributed by atoms with van der Waals surface area (Å²) in [5.41, 5.74) is 2.06. The Kier molecular flexibility index (Phi) is 2.91. The van der Waals surface area contributed by atoms with Crippen molar-refractivity contribution in [1.29, 1.82) is 0 Å². The normalized spacial score (nSPS) is 10.3. The third-order valence-electron chi connectivity index (χ3n) is 2.09. The van der Waals surface area contributed by atoms with Crippen LogP contribution in [0.4, 0.5) is 5.13 Å². The van der Waals surface area contributed by atoms with Gasteiger partial charge in [-0.2, -0.15) is 0 Å². The van der Waals surface area contributed by atoms with Gasteiger partial charge < -0.3 is 5.32 Å². The van der Waals surface area contributed by atoms with Gasteiger partial charge in [0.1, 0.15) is 6.33 Å². The maximum atomic E-state index is 4.39. The van der Waals surface area contributed by atoms with Crippen LogP contribution in [0.1, 0.15) is 16.3 Å². The SMILES string of the molecule is Cc1nc(NCc2ccncn2)sc1C. The van der Waals surface area contributed by atoms with Crippen molar-refractivity contribution >= 4 is 16.5 Å². The second-order valence-corrected chi connectivity index (χ2v) is 4.42. The molecule has 0 spiro atoms. The Morgan fingerprint density at radius 1 is 1.40 bits per heavy atom.